The molecule has 1 unspecified atom stereocenters. The minimum Gasteiger partial charge on any atom is -0.481 e. The van der Waals surface area contributed by atoms with Crippen LogP contribution in [0.1, 0.15) is 17.2 Å². The van der Waals surface area contributed by atoms with Crippen molar-refractivity contribution in [2.75, 3.05) is 6.26 Å². The van der Waals surface area contributed by atoms with Gasteiger partial charge in [0.05, 0.1) is 4.90 Å². The molecular formula is C20H17ClO3S. The van der Waals surface area contributed by atoms with Gasteiger partial charge in [0.25, 0.3) is 0 Å². The Bertz CT molecular complexity index is 934. The molecule has 0 spiro atoms. The van der Waals surface area contributed by atoms with Gasteiger partial charge in [0.15, 0.2) is 9.84 Å². The normalized spacial score (nSPS) is 12.6. The van der Waals surface area contributed by atoms with Crippen LogP contribution < -0.4 is 4.74 Å². The molecule has 0 saturated heterocycles. The summed E-state index contributed by atoms with van der Waals surface area (Å²) in [5.41, 5.74) is 1.96. The monoisotopic (exact) mass is 372 g/mol. The maximum Gasteiger partial charge on any atom is 0.175 e. The second-order valence-corrected chi connectivity index (χ2v) is 8.16. The molecule has 0 N–H and O–H groups in total. The molecule has 3 nitrogen and oxygen atoms in total. The highest BCUT2D eigenvalue weighted by Gasteiger charge is 2.16. The fraction of sp³-hybridized carbons (Fsp3) is 0.100. The van der Waals surface area contributed by atoms with Crippen molar-refractivity contribution in [2.24, 2.45) is 0 Å². The van der Waals surface area contributed by atoms with Crippen molar-refractivity contribution in [3.8, 4) is 5.75 Å². The molecule has 0 aliphatic heterocycles. The summed E-state index contributed by atoms with van der Waals surface area (Å²) in [5.74, 6) is 0.594. The van der Waals surface area contributed by atoms with Gasteiger partial charge in [-0.3, -0.25) is 0 Å². The molecule has 3 aromatic rings. The van der Waals surface area contributed by atoms with E-state index in [0.717, 1.165) is 11.1 Å². The number of hydrogen-bond acceptors (Lipinski definition) is 3. The summed E-state index contributed by atoms with van der Waals surface area (Å²) in [7, 11) is -3.23. The summed E-state index contributed by atoms with van der Waals surface area (Å²) in [6.07, 6.45) is 0.867. The first-order chi connectivity index (χ1) is 11.9. The number of hydrogen-bond donors (Lipinski definition) is 0. The number of benzene rings is 3. The lowest BCUT2D eigenvalue weighted by molar-refractivity contribution is 0.247. The van der Waals surface area contributed by atoms with Crippen LogP contribution in [0, 0.1) is 0 Å². The molecule has 0 fully saturated rings. The Kier molecular flexibility index (Phi) is 5.11. The molecule has 5 heteroatoms. The first kappa shape index (κ1) is 17.5. The van der Waals surface area contributed by atoms with Crippen molar-refractivity contribution in [1.82, 2.24) is 0 Å². The van der Waals surface area contributed by atoms with E-state index in [2.05, 4.69) is 0 Å². The Balaban J connectivity index is 1.94. The third-order valence-corrected chi connectivity index (χ3v) is 5.16. The topological polar surface area (TPSA) is 43.4 Å². The smallest absolute Gasteiger partial charge is 0.175 e. The molecule has 0 aliphatic carbocycles. The van der Waals surface area contributed by atoms with E-state index >= 15 is 0 Å². The van der Waals surface area contributed by atoms with Crippen molar-refractivity contribution >= 4 is 21.4 Å². The first-order valence-corrected chi connectivity index (χ1v) is 9.97. The molecule has 0 radical (unpaired) electrons. The van der Waals surface area contributed by atoms with Crippen LogP contribution in [-0.2, 0) is 9.84 Å². The summed E-state index contributed by atoms with van der Waals surface area (Å²) in [6, 6.07) is 23.8. The van der Waals surface area contributed by atoms with Crippen LogP contribution in [-0.4, -0.2) is 14.7 Å². The van der Waals surface area contributed by atoms with Gasteiger partial charge in [0.2, 0.25) is 0 Å². The molecule has 1 atom stereocenters. The molecule has 128 valence electrons. The van der Waals surface area contributed by atoms with Crippen molar-refractivity contribution in [3.05, 3.63) is 95.0 Å². The van der Waals surface area contributed by atoms with Crippen molar-refractivity contribution in [2.45, 2.75) is 11.0 Å². The molecule has 0 heterocycles. The molecular weight excluding hydrogens is 356 g/mol. The Morgan fingerprint density at radius 2 is 1.36 bits per heavy atom. The molecule has 0 amide bonds. The zero-order valence-corrected chi connectivity index (χ0v) is 15.2. The average molecular weight is 373 g/mol. The van der Waals surface area contributed by atoms with E-state index in [0.29, 0.717) is 10.8 Å². The lowest BCUT2D eigenvalue weighted by atomic mass is 10.0. The van der Waals surface area contributed by atoms with E-state index in [-0.39, 0.29) is 11.0 Å². The summed E-state index contributed by atoms with van der Waals surface area (Å²) in [4.78, 5) is 0.266. The fourth-order valence-corrected chi connectivity index (χ4v) is 3.25. The summed E-state index contributed by atoms with van der Waals surface area (Å²) >= 11 is 5.98. The van der Waals surface area contributed by atoms with Gasteiger partial charge in [0.1, 0.15) is 11.9 Å². The van der Waals surface area contributed by atoms with E-state index in [4.69, 9.17) is 16.3 Å². The quantitative estimate of drug-likeness (QED) is 0.639. The van der Waals surface area contributed by atoms with Gasteiger partial charge >= 0.3 is 0 Å². The second kappa shape index (κ2) is 7.30. The maximum atomic E-state index is 11.6. The van der Waals surface area contributed by atoms with Crippen molar-refractivity contribution in [3.63, 3.8) is 0 Å². The average Bonchev–Trinajstić information content (AvgIpc) is 2.61. The maximum absolute atomic E-state index is 11.6. The predicted molar refractivity (Wildman–Crippen MR) is 99.9 cm³/mol. The molecule has 3 aromatic carbocycles. The van der Waals surface area contributed by atoms with Crippen LogP contribution in [0.2, 0.25) is 5.02 Å². The third-order valence-electron chi connectivity index (χ3n) is 3.78. The van der Waals surface area contributed by atoms with Gasteiger partial charge in [-0.1, -0.05) is 54.1 Å². The first-order valence-electron chi connectivity index (χ1n) is 7.71. The number of halogens is 1. The molecule has 0 bridgehead atoms. The van der Waals surface area contributed by atoms with Crippen LogP contribution >= 0.6 is 11.6 Å². The van der Waals surface area contributed by atoms with Gasteiger partial charge in [-0.05, 0) is 47.5 Å². The van der Waals surface area contributed by atoms with E-state index < -0.39 is 9.84 Å². The van der Waals surface area contributed by atoms with Crippen LogP contribution in [0.25, 0.3) is 0 Å². The zero-order valence-electron chi connectivity index (χ0n) is 13.6. The van der Waals surface area contributed by atoms with Crippen LogP contribution in [0.15, 0.2) is 83.8 Å². The number of sulfone groups is 1. The standard InChI is InChI=1S/C20H17ClO3S/c1-25(22,23)19-13-11-18(12-14-19)24-20(15-5-3-2-4-6-15)16-7-9-17(21)10-8-16/h2-14,20H,1H3. The van der Waals surface area contributed by atoms with Crippen molar-refractivity contribution in [1.29, 1.82) is 0 Å². The van der Waals surface area contributed by atoms with E-state index in [9.17, 15) is 8.42 Å². The van der Waals surface area contributed by atoms with Gasteiger partial charge in [-0.15, -0.1) is 0 Å². The van der Waals surface area contributed by atoms with E-state index in [1.54, 1.807) is 24.3 Å². The van der Waals surface area contributed by atoms with Crippen LogP contribution in [0.4, 0.5) is 0 Å². The second-order valence-electron chi connectivity index (χ2n) is 5.70. The molecule has 0 saturated carbocycles. The van der Waals surface area contributed by atoms with Crippen LogP contribution in [0.3, 0.4) is 0 Å². The van der Waals surface area contributed by atoms with Gasteiger partial charge in [-0.2, -0.15) is 0 Å². The predicted octanol–water partition coefficient (Wildman–Crippen LogP) is 4.91. The van der Waals surface area contributed by atoms with Crippen LogP contribution in [0.5, 0.6) is 5.75 Å². The van der Waals surface area contributed by atoms with E-state index in [1.807, 2.05) is 54.6 Å². The van der Waals surface area contributed by atoms with Gasteiger partial charge < -0.3 is 4.74 Å². The SMILES string of the molecule is CS(=O)(=O)c1ccc(OC(c2ccccc2)c2ccc(Cl)cc2)cc1. The lowest BCUT2D eigenvalue weighted by Gasteiger charge is -2.20. The largest absolute Gasteiger partial charge is 0.481 e. The summed E-state index contributed by atoms with van der Waals surface area (Å²) < 4.78 is 29.3. The minimum absolute atomic E-state index is 0.266. The number of rotatable bonds is 5. The fourth-order valence-electron chi connectivity index (χ4n) is 2.50. The molecule has 3 rings (SSSR count). The molecule has 0 aromatic heterocycles. The Morgan fingerprint density at radius 3 is 1.92 bits per heavy atom. The highest BCUT2D eigenvalue weighted by molar-refractivity contribution is 7.90. The summed E-state index contributed by atoms with van der Waals surface area (Å²) in [6.45, 7) is 0. The van der Waals surface area contributed by atoms with E-state index in [1.165, 1.54) is 6.26 Å². The highest BCUT2D eigenvalue weighted by atomic mass is 35.5. The zero-order chi connectivity index (χ0) is 17.9. The Morgan fingerprint density at radius 1 is 0.800 bits per heavy atom. The van der Waals surface area contributed by atoms with Crippen molar-refractivity contribution < 1.29 is 13.2 Å². The molecule has 25 heavy (non-hydrogen) atoms. The van der Waals surface area contributed by atoms with Gasteiger partial charge in [-0.25, -0.2) is 8.42 Å². The number of ether oxygens (including phenoxy) is 1. The highest BCUT2D eigenvalue weighted by Crippen LogP contribution is 2.29. The third kappa shape index (κ3) is 4.41. The Labute approximate surface area is 152 Å². The lowest BCUT2D eigenvalue weighted by Crippen LogP contribution is -2.09. The Hall–Kier alpha value is -2.30. The summed E-state index contributed by atoms with van der Waals surface area (Å²) in [5, 5.41) is 0.660. The minimum atomic E-state index is -3.23. The van der Waals surface area contributed by atoms with Gasteiger partial charge in [0, 0.05) is 11.3 Å². The molecule has 0 aliphatic rings.